The van der Waals surface area contributed by atoms with Crippen molar-refractivity contribution < 1.29 is 4.74 Å². The summed E-state index contributed by atoms with van der Waals surface area (Å²) in [5, 5.41) is 0. The third-order valence-electron chi connectivity index (χ3n) is 3.38. The largest absolute Gasteiger partial charge is 0.492 e. The van der Waals surface area contributed by atoms with Crippen LogP contribution in [0.1, 0.15) is 12.8 Å². The quantitative estimate of drug-likeness (QED) is 0.835. The van der Waals surface area contributed by atoms with Crippen molar-refractivity contribution in [2.75, 3.05) is 26.2 Å². The highest BCUT2D eigenvalue weighted by atomic mass is 79.9. The second kappa shape index (κ2) is 7.22. The zero-order valence-corrected chi connectivity index (χ0v) is 13.3. The van der Waals surface area contributed by atoms with Crippen LogP contribution in [0.4, 0.5) is 0 Å². The lowest BCUT2D eigenvalue weighted by molar-refractivity contribution is 0.168. The molecule has 1 heterocycles. The fourth-order valence-electron chi connectivity index (χ4n) is 2.34. The van der Waals surface area contributed by atoms with Gasteiger partial charge < -0.3 is 10.5 Å². The number of likely N-dealkylation sites (tertiary alicyclic amines) is 1. The maximum absolute atomic E-state index is 5.75. The summed E-state index contributed by atoms with van der Waals surface area (Å²) in [6, 6.07) is 7.92. The van der Waals surface area contributed by atoms with Gasteiger partial charge in [-0.1, -0.05) is 34.2 Å². The minimum Gasteiger partial charge on any atom is -0.492 e. The van der Waals surface area contributed by atoms with E-state index in [0.717, 1.165) is 36.3 Å². The van der Waals surface area contributed by atoms with E-state index in [2.05, 4.69) is 20.8 Å². The first-order chi connectivity index (χ1) is 9.15. The van der Waals surface area contributed by atoms with E-state index in [1.165, 1.54) is 6.42 Å². The van der Waals surface area contributed by atoms with Crippen LogP contribution in [0.25, 0.3) is 0 Å². The molecule has 1 fully saturated rings. The van der Waals surface area contributed by atoms with Crippen molar-refractivity contribution in [3.05, 3.63) is 28.7 Å². The van der Waals surface area contributed by atoms with Crippen molar-refractivity contribution >= 4 is 33.1 Å². The molecule has 3 nitrogen and oxygen atoms in total. The number of piperidine rings is 1. The molecule has 0 aromatic heterocycles. The van der Waals surface area contributed by atoms with Crippen LogP contribution in [0, 0.1) is 5.92 Å². The summed E-state index contributed by atoms with van der Waals surface area (Å²) >= 11 is 8.52. The van der Waals surface area contributed by atoms with Crippen molar-refractivity contribution in [3.8, 4) is 5.75 Å². The number of thiocarbonyl (C=S) groups is 1. The third-order valence-corrected chi connectivity index (χ3v) is 4.21. The Balaban J connectivity index is 1.75. The molecule has 0 radical (unpaired) electrons. The van der Waals surface area contributed by atoms with Gasteiger partial charge in [-0.25, -0.2) is 0 Å². The van der Waals surface area contributed by atoms with Crippen molar-refractivity contribution in [1.82, 2.24) is 4.90 Å². The van der Waals surface area contributed by atoms with Gasteiger partial charge in [-0.05, 0) is 37.6 Å². The molecule has 1 aliphatic rings. The Labute approximate surface area is 128 Å². The molecule has 0 spiro atoms. The average molecular weight is 343 g/mol. The van der Waals surface area contributed by atoms with Gasteiger partial charge in [-0.15, -0.1) is 0 Å². The second-order valence-electron chi connectivity index (χ2n) is 4.85. The van der Waals surface area contributed by atoms with E-state index < -0.39 is 0 Å². The first-order valence-electron chi connectivity index (χ1n) is 6.55. The van der Waals surface area contributed by atoms with Crippen molar-refractivity contribution in [1.29, 1.82) is 0 Å². The molecule has 19 heavy (non-hydrogen) atoms. The number of rotatable bonds is 5. The molecular weight excluding hydrogens is 324 g/mol. The van der Waals surface area contributed by atoms with Crippen LogP contribution < -0.4 is 10.5 Å². The molecule has 104 valence electrons. The van der Waals surface area contributed by atoms with E-state index in [0.29, 0.717) is 17.5 Å². The first kappa shape index (κ1) is 14.8. The van der Waals surface area contributed by atoms with Crippen LogP contribution >= 0.6 is 28.1 Å². The van der Waals surface area contributed by atoms with Gasteiger partial charge in [-0.2, -0.15) is 0 Å². The van der Waals surface area contributed by atoms with Gasteiger partial charge >= 0.3 is 0 Å². The number of ether oxygens (including phenoxy) is 1. The summed E-state index contributed by atoms with van der Waals surface area (Å²) in [6.07, 6.45) is 2.29. The minimum atomic E-state index is 0.370. The van der Waals surface area contributed by atoms with Crippen LogP contribution in [-0.2, 0) is 0 Å². The standard InChI is InChI=1S/C14H19BrN2OS/c15-12-4-1-5-13(9-12)18-8-7-17-6-2-3-11(10-17)14(16)19/h1,4-5,9,11H,2-3,6-8,10H2,(H2,16,19). The summed E-state index contributed by atoms with van der Waals surface area (Å²) in [6.45, 7) is 3.70. The molecule has 1 unspecified atom stereocenters. The van der Waals surface area contributed by atoms with Crippen molar-refractivity contribution in [2.45, 2.75) is 12.8 Å². The number of halogens is 1. The zero-order valence-electron chi connectivity index (χ0n) is 10.8. The summed E-state index contributed by atoms with van der Waals surface area (Å²) in [4.78, 5) is 3.03. The van der Waals surface area contributed by atoms with Gasteiger partial charge in [-0.3, -0.25) is 4.90 Å². The first-order valence-corrected chi connectivity index (χ1v) is 7.75. The van der Waals surface area contributed by atoms with Crippen molar-refractivity contribution in [2.24, 2.45) is 11.7 Å². The summed E-state index contributed by atoms with van der Waals surface area (Å²) in [5.74, 6) is 1.27. The topological polar surface area (TPSA) is 38.5 Å². The van der Waals surface area contributed by atoms with Gasteiger partial charge in [0, 0.05) is 23.5 Å². The predicted molar refractivity (Wildman–Crippen MR) is 85.6 cm³/mol. The predicted octanol–water partition coefficient (Wildman–Crippen LogP) is 2.83. The molecule has 1 saturated heterocycles. The molecule has 1 atom stereocenters. The Morgan fingerprint density at radius 1 is 1.53 bits per heavy atom. The van der Waals surface area contributed by atoms with Gasteiger partial charge in [0.2, 0.25) is 0 Å². The van der Waals surface area contributed by atoms with Gasteiger partial charge in [0.15, 0.2) is 0 Å². The highest BCUT2D eigenvalue weighted by Gasteiger charge is 2.21. The van der Waals surface area contributed by atoms with Crippen molar-refractivity contribution in [3.63, 3.8) is 0 Å². The number of nitrogens with zero attached hydrogens (tertiary/aromatic N) is 1. The van der Waals surface area contributed by atoms with Gasteiger partial charge in [0.05, 0.1) is 4.99 Å². The maximum atomic E-state index is 5.75. The number of nitrogens with two attached hydrogens (primary N) is 1. The number of hydrogen-bond donors (Lipinski definition) is 1. The molecule has 1 aromatic rings. The van der Waals surface area contributed by atoms with Gasteiger partial charge in [0.1, 0.15) is 12.4 Å². The third kappa shape index (κ3) is 4.75. The van der Waals surface area contributed by atoms with Gasteiger partial charge in [0.25, 0.3) is 0 Å². The van der Waals surface area contributed by atoms with E-state index in [1.807, 2.05) is 24.3 Å². The fourth-order valence-corrected chi connectivity index (χ4v) is 2.91. The fraction of sp³-hybridized carbons (Fsp3) is 0.500. The molecule has 0 bridgehead atoms. The molecule has 2 rings (SSSR count). The summed E-state index contributed by atoms with van der Waals surface area (Å²) in [7, 11) is 0. The van der Waals surface area contributed by atoms with Crippen LogP contribution in [0.5, 0.6) is 5.75 Å². The van der Waals surface area contributed by atoms with E-state index >= 15 is 0 Å². The molecule has 0 aliphatic carbocycles. The van der Waals surface area contributed by atoms with Crippen LogP contribution in [0.2, 0.25) is 0 Å². The lowest BCUT2D eigenvalue weighted by Crippen LogP contribution is -2.42. The van der Waals surface area contributed by atoms with Crippen LogP contribution in [0.15, 0.2) is 28.7 Å². The maximum Gasteiger partial charge on any atom is 0.120 e. The second-order valence-corrected chi connectivity index (χ2v) is 6.24. The lowest BCUT2D eigenvalue weighted by atomic mass is 9.98. The normalized spacial score (nSPS) is 20.2. The minimum absolute atomic E-state index is 0.370. The number of hydrogen-bond acceptors (Lipinski definition) is 3. The molecule has 1 aromatic carbocycles. The molecule has 2 N–H and O–H groups in total. The van der Waals surface area contributed by atoms with E-state index in [9.17, 15) is 0 Å². The monoisotopic (exact) mass is 342 g/mol. The smallest absolute Gasteiger partial charge is 0.120 e. The molecule has 0 saturated carbocycles. The molecular formula is C14H19BrN2OS. The molecule has 1 aliphatic heterocycles. The zero-order chi connectivity index (χ0) is 13.7. The van der Waals surface area contributed by atoms with Crippen LogP contribution in [0.3, 0.4) is 0 Å². The summed E-state index contributed by atoms with van der Waals surface area (Å²) < 4.78 is 6.79. The highest BCUT2D eigenvalue weighted by molar-refractivity contribution is 9.10. The average Bonchev–Trinajstić information content (AvgIpc) is 2.39. The molecule has 0 amide bonds. The molecule has 5 heteroatoms. The Kier molecular flexibility index (Phi) is 5.60. The van der Waals surface area contributed by atoms with E-state index in [4.69, 9.17) is 22.7 Å². The lowest BCUT2D eigenvalue weighted by Gasteiger charge is -2.31. The highest BCUT2D eigenvalue weighted by Crippen LogP contribution is 2.19. The Morgan fingerprint density at radius 2 is 2.37 bits per heavy atom. The van der Waals surface area contributed by atoms with E-state index in [-0.39, 0.29) is 0 Å². The summed E-state index contributed by atoms with van der Waals surface area (Å²) in [5.41, 5.74) is 5.73. The SMILES string of the molecule is NC(=S)C1CCCN(CCOc2cccc(Br)c2)C1. The Bertz CT molecular complexity index is 441. The van der Waals surface area contributed by atoms with Crippen LogP contribution in [-0.4, -0.2) is 36.1 Å². The Morgan fingerprint density at radius 3 is 3.11 bits per heavy atom. The number of benzene rings is 1. The van der Waals surface area contributed by atoms with E-state index in [1.54, 1.807) is 0 Å². The Hall–Kier alpha value is -0.650.